The van der Waals surface area contributed by atoms with Gasteiger partial charge < -0.3 is 5.73 Å². The highest BCUT2D eigenvalue weighted by atomic mass is 15.4. The van der Waals surface area contributed by atoms with Crippen LogP contribution in [-0.4, -0.2) is 27.4 Å². The Bertz CT molecular complexity index is 294. The first-order valence-corrected chi connectivity index (χ1v) is 4.64. The molecule has 0 atom stereocenters. The topological polar surface area (TPSA) is 69.1 Å². The first-order chi connectivity index (χ1) is 6.50. The summed E-state index contributed by atoms with van der Waals surface area (Å²) in [5.41, 5.74) is 5.74. The number of aromatic nitrogens is 3. The highest BCUT2D eigenvalue weighted by Crippen LogP contribution is 2.12. The molecule has 5 heteroatoms. The molecule has 14 heavy (non-hydrogen) atoms. The summed E-state index contributed by atoms with van der Waals surface area (Å²) in [5.74, 6) is 0.678. The maximum Gasteiger partial charge on any atom is 0.0992 e. The molecule has 2 N–H and O–H groups in total. The van der Waals surface area contributed by atoms with Gasteiger partial charge in [0.1, 0.15) is 0 Å². The largest absolute Gasteiger partial charge is 0.387 e. The lowest BCUT2D eigenvalue weighted by Crippen LogP contribution is -2.29. The highest BCUT2D eigenvalue weighted by Gasteiger charge is 2.14. The number of nitrogens with zero attached hydrogens (tertiary/aromatic N) is 4. The van der Waals surface area contributed by atoms with E-state index in [4.69, 9.17) is 5.73 Å². The van der Waals surface area contributed by atoms with Crippen molar-refractivity contribution in [1.29, 1.82) is 0 Å². The fraction of sp³-hybridized carbons (Fsp3) is 0.667. The summed E-state index contributed by atoms with van der Waals surface area (Å²) in [4.78, 5) is 4.28. The van der Waals surface area contributed by atoms with Gasteiger partial charge >= 0.3 is 0 Å². The summed E-state index contributed by atoms with van der Waals surface area (Å²) in [7, 11) is 0. The van der Waals surface area contributed by atoms with Crippen LogP contribution in [0, 0.1) is 5.41 Å². The average Bonchev–Trinajstić information content (AvgIpc) is 2.55. The van der Waals surface area contributed by atoms with Crippen LogP contribution in [-0.2, 0) is 6.54 Å². The number of nitrogens with two attached hydrogens (primary N) is 1. The minimum absolute atomic E-state index is 0.0532. The lowest BCUT2D eigenvalue weighted by atomic mass is 9.95. The molecule has 0 saturated carbocycles. The van der Waals surface area contributed by atoms with Gasteiger partial charge in [-0.2, -0.15) is 0 Å². The molecule has 0 spiro atoms. The summed E-state index contributed by atoms with van der Waals surface area (Å²) in [6.07, 6.45) is 3.46. The van der Waals surface area contributed by atoms with E-state index in [0.29, 0.717) is 12.4 Å². The molecule has 1 aromatic rings. The molecule has 0 aliphatic rings. The summed E-state index contributed by atoms with van der Waals surface area (Å²) in [6, 6.07) is 0. The Balaban J connectivity index is 2.41. The van der Waals surface area contributed by atoms with E-state index in [1.165, 1.54) is 0 Å². The molecule has 0 saturated heterocycles. The predicted octanol–water partition coefficient (Wildman–Crippen LogP) is 0.681. The van der Waals surface area contributed by atoms with Crippen molar-refractivity contribution in [2.24, 2.45) is 16.1 Å². The normalized spacial score (nSPS) is 13.2. The third-order valence-corrected chi connectivity index (χ3v) is 1.85. The molecular weight excluding hydrogens is 178 g/mol. The monoisotopic (exact) mass is 195 g/mol. The first kappa shape index (κ1) is 10.7. The van der Waals surface area contributed by atoms with Gasteiger partial charge in [-0.1, -0.05) is 26.0 Å². The predicted molar refractivity (Wildman–Crippen MR) is 56.0 cm³/mol. The molecule has 0 bridgehead atoms. The van der Waals surface area contributed by atoms with E-state index < -0.39 is 0 Å². The van der Waals surface area contributed by atoms with E-state index in [2.05, 4.69) is 15.3 Å². The van der Waals surface area contributed by atoms with Gasteiger partial charge in [-0.25, -0.2) is 0 Å². The molecule has 0 unspecified atom stereocenters. The van der Waals surface area contributed by atoms with Crippen LogP contribution >= 0.6 is 0 Å². The Kier molecular flexibility index (Phi) is 3.22. The molecule has 1 rings (SSSR count). The zero-order valence-corrected chi connectivity index (χ0v) is 8.94. The minimum atomic E-state index is -0.0532. The average molecular weight is 195 g/mol. The van der Waals surface area contributed by atoms with Crippen LogP contribution in [0.5, 0.6) is 0 Å². The van der Waals surface area contributed by atoms with Crippen LogP contribution in [0.15, 0.2) is 17.4 Å². The number of rotatable bonds is 3. The van der Waals surface area contributed by atoms with E-state index in [9.17, 15) is 0 Å². The molecule has 0 aliphatic carbocycles. The van der Waals surface area contributed by atoms with Crippen molar-refractivity contribution < 1.29 is 0 Å². The van der Waals surface area contributed by atoms with Gasteiger partial charge in [-0.3, -0.25) is 9.67 Å². The van der Waals surface area contributed by atoms with Crippen LogP contribution < -0.4 is 5.73 Å². The standard InChI is InChI=1S/C9H17N5/c1-9(2,3)8(10)11-4-6-14-7-5-12-13-14/h5,7H,4,6H2,1-3H3,(H2,10,11). The van der Waals surface area contributed by atoms with Gasteiger partial charge in [-0.05, 0) is 0 Å². The quantitative estimate of drug-likeness (QED) is 0.569. The van der Waals surface area contributed by atoms with Crippen LogP contribution in [0.25, 0.3) is 0 Å². The number of hydrogen-bond acceptors (Lipinski definition) is 3. The maximum atomic E-state index is 5.79. The van der Waals surface area contributed by atoms with E-state index in [1.807, 2.05) is 27.0 Å². The van der Waals surface area contributed by atoms with Crippen molar-refractivity contribution in [3.63, 3.8) is 0 Å². The maximum absolute atomic E-state index is 5.79. The molecule has 0 aliphatic heterocycles. The fourth-order valence-corrected chi connectivity index (χ4v) is 0.862. The van der Waals surface area contributed by atoms with E-state index >= 15 is 0 Å². The zero-order valence-electron chi connectivity index (χ0n) is 8.94. The Morgan fingerprint density at radius 3 is 2.71 bits per heavy atom. The summed E-state index contributed by atoms with van der Waals surface area (Å²) in [6.45, 7) is 7.49. The van der Waals surface area contributed by atoms with Gasteiger partial charge in [0.05, 0.1) is 25.1 Å². The molecule has 0 aromatic carbocycles. The third-order valence-electron chi connectivity index (χ3n) is 1.85. The fourth-order valence-electron chi connectivity index (χ4n) is 0.862. The second kappa shape index (κ2) is 4.21. The van der Waals surface area contributed by atoms with Crippen molar-refractivity contribution in [3.8, 4) is 0 Å². The Hall–Kier alpha value is -1.39. The zero-order chi connectivity index (χ0) is 10.6. The van der Waals surface area contributed by atoms with Crippen LogP contribution in [0.3, 0.4) is 0 Å². The van der Waals surface area contributed by atoms with Gasteiger partial charge in [0, 0.05) is 11.6 Å². The highest BCUT2D eigenvalue weighted by molar-refractivity contribution is 5.85. The summed E-state index contributed by atoms with van der Waals surface area (Å²) >= 11 is 0. The van der Waals surface area contributed by atoms with E-state index in [1.54, 1.807) is 10.9 Å². The second-order valence-electron chi connectivity index (χ2n) is 4.18. The Morgan fingerprint density at radius 1 is 1.50 bits per heavy atom. The first-order valence-electron chi connectivity index (χ1n) is 4.64. The van der Waals surface area contributed by atoms with Crippen LogP contribution in [0.1, 0.15) is 20.8 Å². The van der Waals surface area contributed by atoms with Crippen molar-refractivity contribution in [3.05, 3.63) is 12.4 Å². The van der Waals surface area contributed by atoms with Crippen molar-refractivity contribution >= 4 is 5.84 Å². The molecule has 0 amide bonds. The van der Waals surface area contributed by atoms with Gasteiger partial charge in [0.25, 0.3) is 0 Å². The molecule has 5 nitrogen and oxygen atoms in total. The molecular formula is C9H17N5. The minimum Gasteiger partial charge on any atom is -0.387 e. The Morgan fingerprint density at radius 2 is 2.21 bits per heavy atom. The lowest BCUT2D eigenvalue weighted by molar-refractivity contribution is 0.567. The molecule has 0 radical (unpaired) electrons. The SMILES string of the molecule is CC(C)(C)C(N)=NCCn1ccnn1. The van der Waals surface area contributed by atoms with Crippen LogP contribution in [0.4, 0.5) is 0 Å². The van der Waals surface area contributed by atoms with Crippen molar-refractivity contribution in [2.45, 2.75) is 27.3 Å². The van der Waals surface area contributed by atoms with E-state index in [0.717, 1.165) is 6.54 Å². The van der Waals surface area contributed by atoms with E-state index in [-0.39, 0.29) is 5.41 Å². The summed E-state index contributed by atoms with van der Waals surface area (Å²) < 4.78 is 1.74. The van der Waals surface area contributed by atoms with Gasteiger partial charge in [0.2, 0.25) is 0 Å². The molecule has 78 valence electrons. The van der Waals surface area contributed by atoms with Crippen LogP contribution in [0.2, 0.25) is 0 Å². The van der Waals surface area contributed by atoms with Crippen molar-refractivity contribution in [1.82, 2.24) is 15.0 Å². The molecule has 1 aromatic heterocycles. The number of amidine groups is 1. The van der Waals surface area contributed by atoms with Gasteiger partial charge in [0.15, 0.2) is 0 Å². The second-order valence-corrected chi connectivity index (χ2v) is 4.18. The lowest BCUT2D eigenvalue weighted by Gasteiger charge is -2.17. The number of aliphatic imine (C=N–C) groups is 1. The molecule has 0 fully saturated rings. The third kappa shape index (κ3) is 3.16. The number of hydrogen-bond donors (Lipinski definition) is 1. The molecule has 1 heterocycles. The smallest absolute Gasteiger partial charge is 0.0992 e. The summed E-state index contributed by atoms with van der Waals surface area (Å²) in [5, 5.41) is 7.53. The van der Waals surface area contributed by atoms with Crippen molar-refractivity contribution in [2.75, 3.05) is 6.54 Å². The van der Waals surface area contributed by atoms with Gasteiger partial charge in [-0.15, -0.1) is 5.10 Å². The Labute approximate surface area is 84.0 Å².